The quantitative estimate of drug-likeness (QED) is 0.675. The van der Waals surface area contributed by atoms with Crippen molar-refractivity contribution in [3.63, 3.8) is 0 Å². The molecule has 124 valence electrons. The van der Waals surface area contributed by atoms with Gasteiger partial charge in [-0.3, -0.25) is 14.5 Å². The molecule has 1 saturated heterocycles. The first kappa shape index (κ1) is 14.9. The molecule has 0 radical (unpaired) electrons. The summed E-state index contributed by atoms with van der Waals surface area (Å²) in [6.45, 7) is 0.241. The maximum atomic E-state index is 13.0. The van der Waals surface area contributed by atoms with Crippen LogP contribution in [0.2, 0.25) is 0 Å². The molecule has 5 rings (SSSR count). The number of rotatable bonds is 3. The lowest BCUT2D eigenvalue weighted by molar-refractivity contribution is -0.142. The van der Waals surface area contributed by atoms with Crippen molar-refractivity contribution in [2.24, 2.45) is 23.5 Å². The Bertz CT molecular complexity index is 745. The molecule has 0 spiro atoms. The second kappa shape index (κ2) is 5.19. The Morgan fingerprint density at radius 1 is 1.25 bits per heavy atom. The fraction of sp³-hybridized carbons (Fsp3) is 0.389. The molecule has 1 saturated carbocycles. The van der Waals surface area contributed by atoms with E-state index in [2.05, 4.69) is 0 Å². The van der Waals surface area contributed by atoms with Gasteiger partial charge in [0.25, 0.3) is 0 Å². The average Bonchev–Trinajstić information content (AvgIpc) is 2.83. The zero-order valence-electron chi connectivity index (χ0n) is 13.1. The van der Waals surface area contributed by atoms with Crippen LogP contribution in [0.1, 0.15) is 18.4 Å². The van der Waals surface area contributed by atoms with Crippen LogP contribution in [0.4, 0.5) is 4.79 Å². The number of nitrogens with zero attached hydrogens (tertiary/aromatic N) is 1. The number of primary amides is 1. The minimum absolute atomic E-state index is 0.0191. The van der Waals surface area contributed by atoms with E-state index in [4.69, 9.17) is 10.5 Å². The Balaban J connectivity index is 1.68. The lowest BCUT2D eigenvalue weighted by Crippen LogP contribution is -2.54. The lowest BCUT2D eigenvalue weighted by Gasteiger charge is -2.46. The van der Waals surface area contributed by atoms with Gasteiger partial charge in [0.2, 0.25) is 11.8 Å². The SMILES string of the molecule is NC(=O)OC12C=CC(CC1)C1C(=O)N(Cc3ccccc3)C(=O)C12. The average molecular weight is 326 g/mol. The minimum atomic E-state index is -1.08. The van der Waals surface area contributed by atoms with Gasteiger partial charge >= 0.3 is 6.09 Å². The van der Waals surface area contributed by atoms with Crippen molar-refractivity contribution in [3.05, 3.63) is 48.0 Å². The Labute approximate surface area is 139 Å². The van der Waals surface area contributed by atoms with Crippen molar-refractivity contribution < 1.29 is 19.1 Å². The van der Waals surface area contributed by atoms with Gasteiger partial charge in [-0.1, -0.05) is 36.4 Å². The van der Waals surface area contributed by atoms with Crippen LogP contribution in [0.5, 0.6) is 0 Å². The molecule has 4 atom stereocenters. The molecular formula is C18H18N2O4. The number of fused-ring (bicyclic) bond motifs is 1. The van der Waals surface area contributed by atoms with Crippen molar-refractivity contribution in [1.82, 2.24) is 4.90 Å². The molecule has 4 aliphatic rings. The van der Waals surface area contributed by atoms with Crippen molar-refractivity contribution in [2.45, 2.75) is 25.0 Å². The van der Waals surface area contributed by atoms with E-state index in [1.165, 1.54) is 4.90 Å². The molecule has 6 heteroatoms. The molecule has 24 heavy (non-hydrogen) atoms. The Morgan fingerprint density at radius 2 is 2.00 bits per heavy atom. The first-order chi connectivity index (χ1) is 11.5. The molecule has 2 bridgehead atoms. The smallest absolute Gasteiger partial charge is 0.405 e. The highest BCUT2D eigenvalue weighted by Crippen LogP contribution is 2.53. The van der Waals surface area contributed by atoms with E-state index in [-0.39, 0.29) is 24.3 Å². The normalized spacial score (nSPS) is 33.7. The molecular weight excluding hydrogens is 308 g/mol. The van der Waals surface area contributed by atoms with Crippen LogP contribution < -0.4 is 5.73 Å². The minimum Gasteiger partial charge on any atom is -0.438 e. The van der Waals surface area contributed by atoms with E-state index in [1.807, 2.05) is 36.4 Å². The number of carbonyl (C=O) groups excluding carboxylic acids is 3. The van der Waals surface area contributed by atoms with Crippen LogP contribution in [0.25, 0.3) is 0 Å². The first-order valence-electron chi connectivity index (χ1n) is 8.09. The van der Waals surface area contributed by atoms with Crippen LogP contribution in [-0.4, -0.2) is 28.4 Å². The van der Waals surface area contributed by atoms with E-state index in [9.17, 15) is 14.4 Å². The van der Waals surface area contributed by atoms with E-state index in [0.29, 0.717) is 12.8 Å². The number of nitrogens with two attached hydrogens (primary N) is 1. The standard InChI is InChI=1S/C18H18N2O4/c19-17(23)24-18-8-6-12(7-9-18)13-14(18)16(22)20(15(13)21)10-11-4-2-1-3-5-11/h1-6,8,12-14H,7,9-10H2,(H2,19,23). The van der Waals surface area contributed by atoms with Gasteiger partial charge in [0.1, 0.15) is 5.60 Å². The molecule has 3 aliphatic carbocycles. The van der Waals surface area contributed by atoms with E-state index in [0.717, 1.165) is 5.56 Å². The fourth-order valence-electron chi connectivity index (χ4n) is 4.37. The van der Waals surface area contributed by atoms with Gasteiger partial charge in [-0.15, -0.1) is 0 Å². The number of benzene rings is 1. The summed E-state index contributed by atoms with van der Waals surface area (Å²) in [6, 6.07) is 9.39. The van der Waals surface area contributed by atoms with Crippen molar-refractivity contribution in [3.8, 4) is 0 Å². The van der Waals surface area contributed by atoms with Crippen molar-refractivity contribution >= 4 is 17.9 Å². The molecule has 0 aromatic heterocycles. The van der Waals surface area contributed by atoms with Crippen LogP contribution in [0.3, 0.4) is 0 Å². The number of likely N-dealkylation sites (tertiary alicyclic amines) is 1. The molecule has 1 heterocycles. The van der Waals surface area contributed by atoms with Crippen LogP contribution in [0.15, 0.2) is 42.5 Å². The summed E-state index contributed by atoms with van der Waals surface area (Å²) >= 11 is 0. The zero-order chi connectivity index (χ0) is 16.9. The number of imide groups is 1. The molecule has 1 aromatic rings. The molecule has 4 unspecified atom stereocenters. The van der Waals surface area contributed by atoms with Gasteiger partial charge < -0.3 is 10.5 Å². The van der Waals surface area contributed by atoms with E-state index in [1.54, 1.807) is 6.08 Å². The highest BCUT2D eigenvalue weighted by atomic mass is 16.6. The highest BCUT2D eigenvalue weighted by molar-refractivity contribution is 6.06. The van der Waals surface area contributed by atoms with Crippen LogP contribution >= 0.6 is 0 Å². The summed E-state index contributed by atoms with van der Waals surface area (Å²) in [7, 11) is 0. The third-order valence-electron chi connectivity index (χ3n) is 5.40. The molecule has 6 nitrogen and oxygen atoms in total. The third kappa shape index (κ3) is 2.06. The Kier molecular flexibility index (Phi) is 3.23. The molecule has 1 aromatic carbocycles. The van der Waals surface area contributed by atoms with E-state index < -0.39 is 23.5 Å². The summed E-state index contributed by atoms with van der Waals surface area (Å²) in [5.74, 6) is -1.56. The van der Waals surface area contributed by atoms with Gasteiger partial charge in [-0.05, 0) is 30.4 Å². The van der Waals surface area contributed by atoms with Crippen LogP contribution in [0, 0.1) is 17.8 Å². The van der Waals surface area contributed by atoms with Crippen molar-refractivity contribution in [2.75, 3.05) is 0 Å². The van der Waals surface area contributed by atoms with Gasteiger partial charge in [-0.25, -0.2) is 4.79 Å². The van der Waals surface area contributed by atoms with E-state index >= 15 is 0 Å². The predicted molar refractivity (Wildman–Crippen MR) is 84.2 cm³/mol. The van der Waals surface area contributed by atoms with Gasteiger partial charge in [-0.2, -0.15) is 0 Å². The largest absolute Gasteiger partial charge is 0.438 e. The number of allylic oxidation sites excluding steroid dienone is 1. The van der Waals surface area contributed by atoms with Gasteiger partial charge in [0.05, 0.1) is 18.4 Å². The summed E-state index contributed by atoms with van der Waals surface area (Å²) < 4.78 is 5.35. The molecule has 3 amide bonds. The fourth-order valence-corrected chi connectivity index (χ4v) is 4.37. The topological polar surface area (TPSA) is 89.7 Å². The molecule has 2 N–H and O–H groups in total. The number of carbonyl (C=O) groups is 3. The first-order valence-corrected chi connectivity index (χ1v) is 8.09. The second-order valence-electron chi connectivity index (χ2n) is 6.69. The summed E-state index contributed by atoms with van der Waals surface area (Å²) in [6.07, 6.45) is 3.97. The lowest BCUT2D eigenvalue weighted by atomic mass is 9.60. The zero-order valence-corrected chi connectivity index (χ0v) is 13.1. The molecule has 2 fully saturated rings. The Hall–Kier alpha value is -2.63. The number of hydrogen-bond donors (Lipinski definition) is 1. The maximum Gasteiger partial charge on any atom is 0.405 e. The maximum absolute atomic E-state index is 13.0. The summed E-state index contributed by atoms with van der Waals surface area (Å²) in [4.78, 5) is 38.5. The predicted octanol–water partition coefficient (Wildman–Crippen LogP) is 1.60. The number of hydrogen-bond acceptors (Lipinski definition) is 4. The monoisotopic (exact) mass is 326 g/mol. The number of amides is 3. The molecule has 1 aliphatic heterocycles. The van der Waals surface area contributed by atoms with Crippen molar-refractivity contribution in [1.29, 1.82) is 0 Å². The highest BCUT2D eigenvalue weighted by Gasteiger charge is 2.64. The van der Waals surface area contributed by atoms with Gasteiger partial charge in [0.15, 0.2) is 0 Å². The van der Waals surface area contributed by atoms with Gasteiger partial charge in [0, 0.05) is 0 Å². The van der Waals surface area contributed by atoms with Crippen LogP contribution in [-0.2, 0) is 20.9 Å². The Morgan fingerprint density at radius 3 is 2.62 bits per heavy atom. The summed E-state index contributed by atoms with van der Waals surface area (Å²) in [5.41, 5.74) is 5.03. The number of ether oxygens (including phenoxy) is 1. The third-order valence-corrected chi connectivity index (χ3v) is 5.40. The summed E-state index contributed by atoms with van der Waals surface area (Å²) in [5, 5.41) is 0. The second-order valence-corrected chi connectivity index (χ2v) is 6.69.